The third-order valence-electron chi connectivity index (χ3n) is 2.54. The Balaban J connectivity index is 2.03. The topological polar surface area (TPSA) is 56.8 Å². The van der Waals surface area contributed by atoms with Gasteiger partial charge in [0.1, 0.15) is 11.6 Å². The molecule has 0 spiro atoms. The number of hydrogen-bond acceptors (Lipinski definition) is 5. The fraction of sp³-hybridized carbons (Fsp3) is 0.500. The fourth-order valence-corrected chi connectivity index (χ4v) is 1.74. The highest BCUT2D eigenvalue weighted by molar-refractivity contribution is 5.79. The Labute approximate surface area is 121 Å². The third kappa shape index (κ3) is 3.96. The number of anilines is 1. The average molecular weight is 301 g/mol. The van der Waals surface area contributed by atoms with Gasteiger partial charge in [0.05, 0.1) is 0 Å². The van der Waals surface area contributed by atoms with Gasteiger partial charge in [-0.15, -0.1) is 8.78 Å². The van der Waals surface area contributed by atoms with E-state index in [0.717, 1.165) is 0 Å². The predicted octanol–water partition coefficient (Wildman–Crippen LogP) is 3.15. The lowest BCUT2D eigenvalue weighted by molar-refractivity contribution is -0.286. The molecule has 0 radical (unpaired) electrons. The van der Waals surface area contributed by atoms with Crippen LogP contribution in [0, 0.1) is 0 Å². The zero-order chi connectivity index (χ0) is 15.8. The van der Waals surface area contributed by atoms with Crippen molar-refractivity contribution in [3.8, 4) is 11.5 Å². The maximum atomic E-state index is 12.9. The first-order valence-corrected chi connectivity index (χ1v) is 6.45. The van der Waals surface area contributed by atoms with Gasteiger partial charge in [0.25, 0.3) is 0 Å². The second-order valence-corrected chi connectivity index (χ2v) is 5.73. The number of ether oxygens (including phenoxy) is 3. The van der Waals surface area contributed by atoms with Crippen molar-refractivity contribution in [1.82, 2.24) is 0 Å². The third-order valence-corrected chi connectivity index (χ3v) is 2.54. The molecule has 1 aliphatic heterocycles. The molecule has 21 heavy (non-hydrogen) atoms. The monoisotopic (exact) mass is 301 g/mol. The van der Waals surface area contributed by atoms with Crippen molar-refractivity contribution in [2.75, 3.05) is 5.32 Å². The predicted molar refractivity (Wildman–Crippen MR) is 71.6 cm³/mol. The van der Waals surface area contributed by atoms with Crippen molar-refractivity contribution in [3.63, 3.8) is 0 Å². The summed E-state index contributed by atoms with van der Waals surface area (Å²) in [5, 5.41) is 2.87. The molecule has 1 heterocycles. The van der Waals surface area contributed by atoms with Crippen molar-refractivity contribution in [2.45, 2.75) is 45.6 Å². The lowest BCUT2D eigenvalue weighted by atomic mass is 10.2. The summed E-state index contributed by atoms with van der Waals surface area (Å²) in [5.74, 6) is -0.567. The minimum atomic E-state index is -3.66. The van der Waals surface area contributed by atoms with Gasteiger partial charge in [-0.2, -0.15) is 0 Å². The smallest absolute Gasteiger partial charge is 0.458 e. The summed E-state index contributed by atoms with van der Waals surface area (Å²) in [4.78, 5) is 11.8. The molecule has 1 N–H and O–H groups in total. The summed E-state index contributed by atoms with van der Waals surface area (Å²) < 4.78 is 39.7. The van der Waals surface area contributed by atoms with Crippen molar-refractivity contribution < 1.29 is 27.8 Å². The van der Waals surface area contributed by atoms with E-state index in [0.29, 0.717) is 5.69 Å². The SMILES string of the molecule is CC(Nc1ccc2c(c1)OC(F)(F)O2)C(=O)OC(C)(C)C. The van der Waals surface area contributed by atoms with Gasteiger partial charge in [0.15, 0.2) is 11.5 Å². The maximum absolute atomic E-state index is 12.9. The highest BCUT2D eigenvalue weighted by Gasteiger charge is 2.43. The molecule has 0 aliphatic carbocycles. The van der Waals surface area contributed by atoms with E-state index in [4.69, 9.17) is 4.74 Å². The van der Waals surface area contributed by atoms with Crippen LogP contribution in [-0.2, 0) is 9.53 Å². The molecule has 7 heteroatoms. The minimum absolute atomic E-state index is 0.0459. The average Bonchev–Trinajstić information content (AvgIpc) is 2.59. The summed E-state index contributed by atoms with van der Waals surface area (Å²) in [6, 6.07) is 3.58. The number of alkyl halides is 2. The van der Waals surface area contributed by atoms with Crippen LogP contribution in [0.2, 0.25) is 0 Å². The zero-order valence-corrected chi connectivity index (χ0v) is 12.2. The largest absolute Gasteiger partial charge is 0.586 e. The number of nitrogens with one attached hydrogen (secondary N) is 1. The van der Waals surface area contributed by atoms with Crippen LogP contribution in [-0.4, -0.2) is 23.9 Å². The first-order chi connectivity index (χ1) is 9.56. The molecule has 0 saturated carbocycles. The Morgan fingerprint density at radius 1 is 1.29 bits per heavy atom. The number of esters is 1. The molecular formula is C14H17F2NO4. The molecule has 1 unspecified atom stereocenters. The lowest BCUT2D eigenvalue weighted by Gasteiger charge is -2.23. The highest BCUT2D eigenvalue weighted by Crippen LogP contribution is 2.42. The lowest BCUT2D eigenvalue weighted by Crippen LogP contribution is -2.34. The van der Waals surface area contributed by atoms with Crippen molar-refractivity contribution in [2.24, 2.45) is 0 Å². The van der Waals surface area contributed by atoms with Gasteiger partial charge >= 0.3 is 12.3 Å². The van der Waals surface area contributed by atoms with E-state index in [2.05, 4.69) is 14.8 Å². The Kier molecular flexibility index (Phi) is 3.69. The Hall–Kier alpha value is -2.05. The normalized spacial score (nSPS) is 17.2. The number of benzene rings is 1. The van der Waals surface area contributed by atoms with Crippen LogP contribution in [0.25, 0.3) is 0 Å². The van der Waals surface area contributed by atoms with Gasteiger partial charge in [-0.05, 0) is 39.8 Å². The van der Waals surface area contributed by atoms with Crippen LogP contribution in [0.5, 0.6) is 11.5 Å². The van der Waals surface area contributed by atoms with Crippen LogP contribution in [0.4, 0.5) is 14.5 Å². The molecule has 1 aromatic rings. The standard InChI is InChI=1S/C14H17F2NO4/c1-8(12(18)21-13(2,3)4)17-9-5-6-10-11(7-9)20-14(15,16)19-10/h5-8,17H,1-4H3. The maximum Gasteiger partial charge on any atom is 0.586 e. The van der Waals surface area contributed by atoms with Gasteiger partial charge < -0.3 is 19.5 Å². The summed E-state index contributed by atoms with van der Waals surface area (Å²) in [5.41, 5.74) is -0.141. The van der Waals surface area contributed by atoms with Crippen molar-refractivity contribution in [1.29, 1.82) is 0 Å². The van der Waals surface area contributed by atoms with E-state index in [1.807, 2.05) is 0 Å². The van der Waals surface area contributed by atoms with Crippen molar-refractivity contribution in [3.05, 3.63) is 18.2 Å². The molecule has 116 valence electrons. The molecule has 1 aromatic carbocycles. The summed E-state index contributed by atoms with van der Waals surface area (Å²) in [6.07, 6.45) is -3.66. The fourth-order valence-electron chi connectivity index (χ4n) is 1.74. The first kappa shape index (κ1) is 15.3. The number of carbonyl (C=O) groups excluding carboxylic acids is 1. The summed E-state index contributed by atoms with van der Waals surface area (Å²) in [6.45, 7) is 6.91. The van der Waals surface area contributed by atoms with Crippen LogP contribution < -0.4 is 14.8 Å². The van der Waals surface area contributed by atoms with Gasteiger partial charge in [-0.25, -0.2) is 4.79 Å². The van der Waals surface area contributed by atoms with E-state index in [-0.39, 0.29) is 11.5 Å². The molecule has 5 nitrogen and oxygen atoms in total. The Bertz CT molecular complexity index is 554. The summed E-state index contributed by atoms with van der Waals surface area (Å²) >= 11 is 0. The van der Waals surface area contributed by atoms with Crippen LogP contribution in [0.1, 0.15) is 27.7 Å². The van der Waals surface area contributed by atoms with Crippen LogP contribution in [0.3, 0.4) is 0 Å². The van der Waals surface area contributed by atoms with E-state index in [9.17, 15) is 13.6 Å². The van der Waals surface area contributed by atoms with Gasteiger partial charge in [0, 0.05) is 11.8 Å². The van der Waals surface area contributed by atoms with E-state index >= 15 is 0 Å². The minimum Gasteiger partial charge on any atom is -0.458 e. The van der Waals surface area contributed by atoms with Crippen LogP contribution >= 0.6 is 0 Å². The molecule has 2 rings (SSSR count). The van der Waals surface area contributed by atoms with E-state index < -0.39 is 23.9 Å². The van der Waals surface area contributed by atoms with E-state index in [1.54, 1.807) is 27.7 Å². The molecule has 0 fully saturated rings. The number of carbonyl (C=O) groups is 1. The zero-order valence-electron chi connectivity index (χ0n) is 12.2. The first-order valence-electron chi connectivity index (χ1n) is 6.45. The molecule has 0 bridgehead atoms. The second-order valence-electron chi connectivity index (χ2n) is 5.73. The van der Waals surface area contributed by atoms with Gasteiger partial charge in [0.2, 0.25) is 0 Å². The number of hydrogen-bond donors (Lipinski definition) is 1. The molecule has 0 saturated heterocycles. The molecule has 1 atom stereocenters. The van der Waals surface area contributed by atoms with E-state index in [1.165, 1.54) is 18.2 Å². The Morgan fingerprint density at radius 3 is 2.52 bits per heavy atom. The molecular weight excluding hydrogens is 284 g/mol. The van der Waals surface area contributed by atoms with Crippen LogP contribution in [0.15, 0.2) is 18.2 Å². The second kappa shape index (κ2) is 5.05. The summed E-state index contributed by atoms with van der Waals surface area (Å²) in [7, 11) is 0. The number of rotatable bonds is 3. The van der Waals surface area contributed by atoms with Gasteiger partial charge in [-0.3, -0.25) is 0 Å². The Morgan fingerprint density at radius 2 is 1.90 bits per heavy atom. The quantitative estimate of drug-likeness (QED) is 0.869. The molecule has 0 aromatic heterocycles. The van der Waals surface area contributed by atoms with Gasteiger partial charge in [-0.1, -0.05) is 0 Å². The number of halogens is 2. The highest BCUT2D eigenvalue weighted by atomic mass is 19.3. The van der Waals surface area contributed by atoms with Crippen molar-refractivity contribution >= 4 is 11.7 Å². The molecule has 1 aliphatic rings. The molecule has 0 amide bonds. The number of fused-ring (bicyclic) bond motifs is 1.